The van der Waals surface area contributed by atoms with Crippen LogP contribution >= 0.6 is 0 Å². The van der Waals surface area contributed by atoms with Crippen molar-refractivity contribution < 1.29 is 9.21 Å². The number of carbonyl (C=O) groups excluding carboxylic acids is 1. The highest BCUT2D eigenvalue weighted by atomic mass is 16.4. The quantitative estimate of drug-likeness (QED) is 0.778. The molecule has 2 heterocycles. The monoisotopic (exact) mass is 294 g/mol. The number of benzene rings is 1. The van der Waals surface area contributed by atoms with Crippen LogP contribution in [0.3, 0.4) is 0 Å². The second-order valence-electron chi connectivity index (χ2n) is 4.68. The molecular formula is C16H14N4O2. The van der Waals surface area contributed by atoms with Gasteiger partial charge in [0.2, 0.25) is 17.7 Å². The fourth-order valence-corrected chi connectivity index (χ4v) is 1.92. The Morgan fingerprint density at radius 2 is 1.82 bits per heavy atom. The van der Waals surface area contributed by atoms with Crippen molar-refractivity contribution in [1.29, 1.82) is 0 Å². The molecule has 0 atom stereocenters. The third-order valence-corrected chi connectivity index (χ3v) is 3.04. The van der Waals surface area contributed by atoms with Gasteiger partial charge in [0.15, 0.2) is 0 Å². The van der Waals surface area contributed by atoms with Gasteiger partial charge in [-0.15, -0.1) is 10.2 Å². The summed E-state index contributed by atoms with van der Waals surface area (Å²) in [5.41, 5.74) is 1.82. The second-order valence-corrected chi connectivity index (χ2v) is 4.68. The highest BCUT2D eigenvalue weighted by molar-refractivity contribution is 5.77. The van der Waals surface area contributed by atoms with Crippen molar-refractivity contribution in [2.24, 2.45) is 0 Å². The summed E-state index contributed by atoms with van der Waals surface area (Å²) in [6, 6.07) is 13.1. The molecule has 22 heavy (non-hydrogen) atoms. The second kappa shape index (κ2) is 6.62. The predicted molar refractivity (Wildman–Crippen MR) is 79.5 cm³/mol. The van der Waals surface area contributed by atoms with E-state index in [2.05, 4.69) is 20.5 Å². The minimum Gasteiger partial charge on any atom is -0.420 e. The molecule has 0 spiro atoms. The molecule has 0 unspecified atom stereocenters. The van der Waals surface area contributed by atoms with Gasteiger partial charge in [-0.1, -0.05) is 18.2 Å². The summed E-state index contributed by atoms with van der Waals surface area (Å²) in [6.45, 7) is 0.445. The van der Waals surface area contributed by atoms with Gasteiger partial charge in [0, 0.05) is 24.5 Å². The van der Waals surface area contributed by atoms with Gasteiger partial charge < -0.3 is 9.73 Å². The van der Waals surface area contributed by atoms with Crippen molar-refractivity contribution in [3.05, 3.63) is 66.3 Å². The Balaban J connectivity index is 1.57. The molecule has 110 valence electrons. The normalized spacial score (nSPS) is 10.4. The molecule has 1 amide bonds. The van der Waals surface area contributed by atoms with E-state index in [0.717, 1.165) is 11.1 Å². The lowest BCUT2D eigenvalue weighted by atomic mass is 10.2. The van der Waals surface area contributed by atoms with Crippen LogP contribution in [-0.4, -0.2) is 21.1 Å². The minimum atomic E-state index is -0.167. The molecule has 3 rings (SSSR count). The Bertz CT molecular complexity index is 741. The number of hydrogen-bond donors (Lipinski definition) is 1. The van der Waals surface area contributed by atoms with Gasteiger partial charge in [0.1, 0.15) is 6.42 Å². The summed E-state index contributed by atoms with van der Waals surface area (Å²) in [6.07, 6.45) is 3.43. The highest BCUT2D eigenvalue weighted by Gasteiger charge is 2.11. The van der Waals surface area contributed by atoms with Crippen molar-refractivity contribution in [2.75, 3.05) is 0 Å². The van der Waals surface area contributed by atoms with Crippen LogP contribution in [-0.2, 0) is 17.8 Å². The van der Waals surface area contributed by atoms with Gasteiger partial charge in [-0.25, -0.2) is 0 Å². The van der Waals surface area contributed by atoms with E-state index in [4.69, 9.17) is 4.42 Å². The number of carbonyl (C=O) groups is 1. The average Bonchev–Trinajstić information content (AvgIpc) is 3.03. The maximum Gasteiger partial charge on any atom is 0.247 e. The van der Waals surface area contributed by atoms with Crippen LogP contribution in [0, 0.1) is 0 Å². The predicted octanol–water partition coefficient (Wildman–Crippen LogP) is 1.99. The number of aromatic nitrogens is 3. The number of nitrogens with one attached hydrogen (secondary N) is 1. The van der Waals surface area contributed by atoms with Gasteiger partial charge in [0.25, 0.3) is 0 Å². The first-order valence-electron chi connectivity index (χ1n) is 6.84. The summed E-state index contributed by atoms with van der Waals surface area (Å²) in [5, 5.41) is 10.7. The smallest absolute Gasteiger partial charge is 0.247 e. The highest BCUT2D eigenvalue weighted by Crippen LogP contribution is 2.16. The molecule has 3 aromatic rings. The fraction of sp³-hybridized carbons (Fsp3) is 0.125. The first-order chi connectivity index (χ1) is 10.8. The molecule has 2 aromatic heterocycles. The minimum absolute atomic E-state index is 0.0604. The summed E-state index contributed by atoms with van der Waals surface area (Å²) >= 11 is 0. The summed E-state index contributed by atoms with van der Waals surface area (Å²) in [5.74, 6) is 0.545. The van der Waals surface area contributed by atoms with Crippen LogP contribution in [0.4, 0.5) is 0 Å². The van der Waals surface area contributed by atoms with Crippen LogP contribution in [0.2, 0.25) is 0 Å². The molecule has 1 aromatic carbocycles. The van der Waals surface area contributed by atoms with E-state index in [1.165, 1.54) is 0 Å². The summed E-state index contributed by atoms with van der Waals surface area (Å²) < 4.78 is 5.50. The van der Waals surface area contributed by atoms with Crippen LogP contribution in [0.25, 0.3) is 11.5 Å². The number of amides is 1. The zero-order valence-corrected chi connectivity index (χ0v) is 11.8. The molecule has 0 radical (unpaired) electrons. The van der Waals surface area contributed by atoms with E-state index in [1.807, 2.05) is 42.5 Å². The first kappa shape index (κ1) is 13.9. The maximum atomic E-state index is 11.9. The van der Waals surface area contributed by atoms with E-state index in [9.17, 15) is 4.79 Å². The molecule has 0 fully saturated rings. The van der Waals surface area contributed by atoms with Crippen molar-refractivity contribution in [2.45, 2.75) is 13.0 Å². The van der Waals surface area contributed by atoms with Gasteiger partial charge in [-0.3, -0.25) is 9.78 Å². The zero-order valence-electron chi connectivity index (χ0n) is 11.8. The van der Waals surface area contributed by atoms with Crippen LogP contribution in [0.15, 0.2) is 59.3 Å². The van der Waals surface area contributed by atoms with Crippen molar-refractivity contribution >= 4 is 5.91 Å². The standard InChI is InChI=1S/C16H14N4O2/c21-14(18-11-12-6-8-17-9-7-12)10-15-19-20-16(22-15)13-4-2-1-3-5-13/h1-9H,10-11H2,(H,18,21). The maximum absolute atomic E-state index is 11.9. The molecule has 0 saturated heterocycles. The van der Waals surface area contributed by atoms with Crippen LogP contribution in [0.1, 0.15) is 11.5 Å². The Hall–Kier alpha value is -3.02. The van der Waals surface area contributed by atoms with Crippen LogP contribution < -0.4 is 5.32 Å². The topological polar surface area (TPSA) is 80.9 Å². The largest absolute Gasteiger partial charge is 0.420 e. The molecule has 0 aliphatic rings. The lowest BCUT2D eigenvalue weighted by Crippen LogP contribution is -2.24. The van der Waals surface area contributed by atoms with E-state index in [0.29, 0.717) is 18.3 Å². The lowest BCUT2D eigenvalue weighted by Gasteiger charge is -2.02. The van der Waals surface area contributed by atoms with Crippen molar-refractivity contribution in [1.82, 2.24) is 20.5 Å². The zero-order chi connectivity index (χ0) is 15.2. The number of rotatable bonds is 5. The molecule has 0 bridgehead atoms. The molecule has 1 N–H and O–H groups in total. The molecule has 0 saturated carbocycles. The van der Waals surface area contributed by atoms with Crippen LogP contribution in [0.5, 0.6) is 0 Å². The van der Waals surface area contributed by atoms with E-state index >= 15 is 0 Å². The SMILES string of the molecule is O=C(Cc1nnc(-c2ccccc2)o1)NCc1ccncc1. The van der Waals surface area contributed by atoms with E-state index in [1.54, 1.807) is 12.4 Å². The van der Waals surface area contributed by atoms with Gasteiger partial charge in [0.05, 0.1) is 0 Å². The third kappa shape index (κ3) is 3.54. The van der Waals surface area contributed by atoms with Crippen molar-refractivity contribution in [3.8, 4) is 11.5 Å². The van der Waals surface area contributed by atoms with Gasteiger partial charge >= 0.3 is 0 Å². The third-order valence-electron chi connectivity index (χ3n) is 3.04. The molecule has 0 aliphatic heterocycles. The number of pyridine rings is 1. The number of nitrogens with zero attached hydrogens (tertiary/aromatic N) is 3. The number of hydrogen-bond acceptors (Lipinski definition) is 5. The Morgan fingerprint density at radius 1 is 1.05 bits per heavy atom. The Labute approximate surface area is 127 Å². The van der Waals surface area contributed by atoms with E-state index in [-0.39, 0.29) is 12.3 Å². The van der Waals surface area contributed by atoms with Crippen molar-refractivity contribution in [3.63, 3.8) is 0 Å². The lowest BCUT2D eigenvalue weighted by molar-refractivity contribution is -0.120. The van der Waals surface area contributed by atoms with Gasteiger partial charge in [-0.2, -0.15) is 0 Å². The summed E-state index contributed by atoms with van der Waals surface area (Å²) in [4.78, 5) is 15.8. The fourth-order valence-electron chi connectivity index (χ4n) is 1.92. The first-order valence-corrected chi connectivity index (χ1v) is 6.84. The molecule has 6 heteroatoms. The average molecular weight is 294 g/mol. The van der Waals surface area contributed by atoms with Gasteiger partial charge in [-0.05, 0) is 29.8 Å². The Morgan fingerprint density at radius 3 is 2.59 bits per heavy atom. The van der Waals surface area contributed by atoms with E-state index < -0.39 is 0 Å². The molecular weight excluding hydrogens is 280 g/mol. The molecule has 6 nitrogen and oxygen atoms in total. The Kier molecular flexibility index (Phi) is 4.20. The summed E-state index contributed by atoms with van der Waals surface area (Å²) in [7, 11) is 0. The molecule has 0 aliphatic carbocycles.